The summed E-state index contributed by atoms with van der Waals surface area (Å²) in [6, 6.07) is 10.2. The maximum Gasteiger partial charge on any atom is 0.254 e. The lowest BCUT2D eigenvalue weighted by molar-refractivity contribution is -0.0204. The number of carbonyl (C=O) groups is 1. The van der Waals surface area contributed by atoms with Gasteiger partial charge in [0.05, 0.1) is 38.2 Å². The first-order valence-electron chi connectivity index (χ1n) is 14.7. The van der Waals surface area contributed by atoms with Gasteiger partial charge >= 0.3 is 0 Å². The van der Waals surface area contributed by atoms with Crippen LogP contribution in [0.1, 0.15) is 36.0 Å². The van der Waals surface area contributed by atoms with E-state index >= 15 is 0 Å². The molecule has 4 aliphatic rings. The highest BCUT2D eigenvalue weighted by molar-refractivity contribution is 7.90. The van der Waals surface area contributed by atoms with Crippen LogP contribution in [0.25, 0.3) is 33.6 Å². The van der Waals surface area contributed by atoms with Crippen molar-refractivity contribution < 1.29 is 18.8 Å². The summed E-state index contributed by atoms with van der Waals surface area (Å²) in [6.07, 6.45) is 6.54. The number of methoxy groups -OCH3 is 2. The van der Waals surface area contributed by atoms with Crippen LogP contribution in [0.3, 0.4) is 0 Å². The van der Waals surface area contributed by atoms with E-state index in [0.29, 0.717) is 58.8 Å². The predicted molar refractivity (Wildman–Crippen MR) is 158 cm³/mol. The molecular formula is C31H35N5O4S. The summed E-state index contributed by atoms with van der Waals surface area (Å²) in [5, 5.41) is 1.02. The largest absolute Gasteiger partial charge is 0.617 e. The first-order valence-corrected chi connectivity index (χ1v) is 16.4. The van der Waals surface area contributed by atoms with Crippen molar-refractivity contribution in [1.29, 1.82) is 0 Å². The van der Waals surface area contributed by atoms with Gasteiger partial charge in [0.1, 0.15) is 22.7 Å². The Morgan fingerprint density at radius 3 is 2.63 bits per heavy atom. The van der Waals surface area contributed by atoms with Crippen LogP contribution in [0, 0.1) is 23.7 Å². The third-order valence-corrected chi connectivity index (χ3v) is 10.7. The van der Waals surface area contributed by atoms with Gasteiger partial charge in [0.25, 0.3) is 5.91 Å². The quantitative estimate of drug-likeness (QED) is 0.277. The van der Waals surface area contributed by atoms with Gasteiger partial charge in [-0.05, 0) is 73.6 Å². The standard InChI is InChI=1S/C31H35N5O4S/c1-39-25-14-20(31(37)36-16-21-10-19-13-23(36)27(19)21)11-22-28(25)34(8-9-41(3)38)30(32-22)24-12-18-6-7-26(40-2)33-29(18)35(24)15-17-4-5-17/h6-7,11-12,14,17,19,21,23,27H,4-5,8-10,13,15-16H2,1-3H3/t19?,21-,23-,27-,41-/m1/s1. The number of ether oxygens (including phenoxy) is 2. The van der Waals surface area contributed by atoms with E-state index in [2.05, 4.69) is 20.1 Å². The molecule has 0 N–H and O–H groups in total. The average molecular weight is 574 g/mol. The fraction of sp³-hybridized carbons (Fsp3) is 0.516. The minimum Gasteiger partial charge on any atom is -0.617 e. The number of imidazole rings is 1. The van der Waals surface area contributed by atoms with E-state index in [1.807, 2.05) is 24.3 Å². The van der Waals surface area contributed by atoms with Crippen molar-refractivity contribution in [3.8, 4) is 23.1 Å². The number of hydrogen-bond acceptors (Lipinski definition) is 6. The van der Waals surface area contributed by atoms with Gasteiger partial charge in [-0.2, -0.15) is 4.98 Å². The molecule has 1 saturated heterocycles. The molecule has 4 heterocycles. The second kappa shape index (κ2) is 9.39. The van der Waals surface area contributed by atoms with Crippen LogP contribution in [0.15, 0.2) is 30.3 Å². The molecule has 41 heavy (non-hydrogen) atoms. The van der Waals surface area contributed by atoms with E-state index in [9.17, 15) is 9.35 Å². The van der Waals surface area contributed by atoms with Crippen molar-refractivity contribution in [3.05, 3.63) is 35.9 Å². The van der Waals surface area contributed by atoms with Gasteiger partial charge in [-0.25, -0.2) is 4.98 Å². The van der Waals surface area contributed by atoms with Crippen LogP contribution in [0.4, 0.5) is 0 Å². The first kappa shape index (κ1) is 25.5. The topological polar surface area (TPSA) is 97.5 Å². The third-order valence-electron chi connectivity index (χ3n) is 9.95. The summed E-state index contributed by atoms with van der Waals surface area (Å²) in [4.78, 5) is 25.9. The Hall–Kier alpha value is -3.24. The number of hydrogen-bond donors (Lipinski definition) is 0. The Morgan fingerprint density at radius 2 is 1.93 bits per heavy atom. The number of fused-ring (bicyclic) bond motifs is 2. The molecule has 10 heteroatoms. The molecule has 8 rings (SSSR count). The molecule has 3 aromatic heterocycles. The van der Waals surface area contributed by atoms with Crippen molar-refractivity contribution in [2.45, 2.75) is 44.8 Å². The molecule has 1 unspecified atom stereocenters. The average Bonchev–Trinajstić information content (AvgIpc) is 3.61. The summed E-state index contributed by atoms with van der Waals surface area (Å²) in [5.74, 6) is 5.35. The Bertz CT molecular complexity index is 1690. The molecule has 1 amide bonds. The van der Waals surface area contributed by atoms with Gasteiger partial charge in [0.2, 0.25) is 5.88 Å². The Balaban J connectivity index is 1.28. The minimum absolute atomic E-state index is 0.0768. The van der Waals surface area contributed by atoms with Gasteiger partial charge in [-0.15, -0.1) is 0 Å². The number of aromatic nitrogens is 4. The Morgan fingerprint density at radius 1 is 1.07 bits per heavy atom. The lowest BCUT2D eigenvalue weighted by Gasteiger charge is -2.52. The third kappa shape index (κ3) is 3.97. The Kier molecular flexibility index (Phi) is 5.83. The number of nitrogens with zero attached hydrogens (tertiary/aromatic N) is 5. The fourth-order valence-corrected chi connectivity index (χ4v) is 8.10. The summed E-state index contributed by atoms with van der Waals surface area (Å²) >= 11 is -0.990. The number of aryl methyl sites for hydroxylation is 1. The number of carbonyl (C=O) groups excluding carboxylic acids is 1. The molecule has 0 spiro atoms. The molecule has 4 aromatic rings. The summed E-state index contributed by atoms with van der Waals surface area (Å²) < 4.78 is 28.0. The molecular weight excluding hydrogens is 538 g/mol. The Labute approximate surface area is 242 Å². The lowest BCUT2D eigenvalue weighted by Crippen LogP contribution is -2.53. The summed E-state index contributed by atoms with van der Waals surface area (Å²) in [6.45, 7) is 2.23. The van der Waals surface area contributed by atoms with Crippen LogP contribution < -0.4 is 9.47 Å². The molecule has 214 valence electrons. The van der Waals surface area contributed by atoms with E-state index in [1.165, 1.54) is 19.3 Å². The van der Waals surface area contributed by atoms with Crippen molar-refractivity contribution in [1.82, 2.24) is 24.0 Å². The summed E-state index contributed by atoms with van der Waals surface area (Å²) in [5.41, 5.74) is 3.99. The van der Waals surface area contributed by atoms with Crippen LogP contribution in [-0.4, -0.2) is 73.3 Å². The molecule has 3 aliphatic carbocycles. The second-order valence-electron chi connectivity index (χ2n) is 12.4. The molecule has 0 radical (unpaired) electrons. The fourth-order valence-electron chi connectivity index (χ4n) is 7.66. The van der Waals surface area contributed by atoms with E-state index in [4.69, 9.17) is 19.4 Å². The highest BCUT2D eigenvalue weighted by Crippen LogP contribution is 2.60. The number of benzene rings is 1. The van der Waals surface area contributed by atoms with Crippen LogP contribution in [-0.2, 0) is 24.3 Å². The molecule has 4 fully saturated rings. The van der Waals surface area contributed by atoms with Gasteiger partial charge in [-0.1, -0.05) is 11.2 Å². The van der Waals surface area contributed by atoms with Crippen molar-refractivity contribution in [3.63, 3.8) is 0 Å². The number of pyridine rings is 1. The monoisotopic (exact) mass is 573 g/mol. The molecule has 0 bridgehead atoms. The van der Waals surface area contributed by atoms with Crippen molar-refractivity contribution in [2.75, 3.05) is 32.8 Å². The van der Waals surface area contributed by atoms with Crippen molar-refractivity contribution in [2.24, 2.45) is 23.7 Å². The van der Waals surface area contributed by atoms with E-state index < -0.39 is 11.2 Å². The van der Waals surface area contributed by atoms with Crippen LogP contribution in [0.5, 0.6) is 11.6 Å². The van der Waals surface area contributed by atoms with Crippen LogP contribution >= 0.6 is 0 Å². The van der Waals surface area contributed by atoms with Gasteiger partial charge in [0, 0.05) is 36.1 Å². The zero-order chi connectivity index (χ0) is 28.0. The normalized spacial score (nSPS) is 25.2. The molecule has 5 atom stereocenters. The minimum atomic E-state index is -0.990. The smallest absolute Gasteiger partial charge is 0.254 e. The molecule has 1 aromatic carbocycles. The first-order chi connectivity index (χ1) is 19.9. The maximum absolute atomic E-state index is 13.8. The SMILES string of the molecule is COc1ccc2cc(-c3nc4cc(C(=O)N5C[C@H]6CC7C[C@@H]5[C@H]76)cc(OC)c4n3CC[S@@+](C)[O-])n(CC3CC3)c2n1. The zero-order valence-electron chi connectivity index (χ0n) is 23.7. The lowest BCUT2D eigenvalue weighted by atomic mass is 9.53. The number of amides is 1. The number of likely N-dealkylation sites (tertiary alicyclic amines) is 1. The maximum atomic E-state index is 13.8. The van der Waals surface area contributed by atoms with E-state index in [0.717, 1.165) is 53.5 Å². The summed E-state index contributed by atoms with van der Waals surface area (Å²) in [7, 11) is 3.28. The molecule has 1 aliphatic heterocycles. The second-order valence-corrected chi connectivity index (χ2v) is 13.9. The van der Waals surface area contributed by atoms with E-state index in [1.54, 1.807) is 20.5 Å². The van der Waals surface area contributed by atoms with Gasteiger partial charge < -0.3 is 28.1 Å². The van der Waals surface area contributed by atoms with Crippen molar-refractivity contribution >= 4 is 39.1 Å². The number of rotatable bonds is 9. The highest BCUT2D eigenvalue weighted by atomic mass is 32.2. The van der Waals surface area contributed by atoms with E-state index in [-0.39, 0.29) is 5.91 Å². The zero-order valence-corrected chi connectivity index (χ0v) is 24.5. The molecule has 9 nitrogen and oxygen atoms in total. The predicted octanol–water partition coefficient (Wildman–Crippen LogP) is 4.34. The van der Waals surface area contributed by atoms with Gasteiger partial charge in [0.15, 0.2) is 5.82 Å². The highest BCUT2D eigenvalue weighted by Gasteiger charge is 2.61. The van der Waals surface area contributed by atoms with Gasteiger partial charge in [-0.3, -0.25) is 4.79 Å². The molecule has 3 saturated carbocycles. The van der Waals surface area contributed by atoms with Crippen LogP contribution in [0.2, 0.25) is 0 Å².